The Morgan fingerprint density at radius 1 is 1.00 bits per heavy atom. The lowest BCUT2D eigenvalue weighted by molar-refractivity contribution is 0.0953. The summed E-state index contributed by atoms with van der Waals surface area (Å²) in [5.74, 6) is -0.125. The van der Waals surface area contributed by atoms with E-state index >= 15 is 0 Å². The monoisotopic (exact) mass is 423 g/mol. The molecule has 8 heteroatoms. The molecule has 0 aliphatic rings. The van der Waals surface area contributed by atoms with Gasteiger partial charge in [-0.2, -0.15) is 5.10 Å². The van der Waals surface area contributed by atoms with Crippen LogP contribution in [0.2, 0.25) is 0 Å². The normalized spacial score (nSPS) is 11.0. The smallest absolute Gasteiger partial charge is 0.251 e. The van der Waals surface area contributed by atoms with Gasteiger partial charge in [0.05, 0.1) is 29.3 Å². The molecule has 3 aromatic heterocycles. The number of imidazole rings is 1. The van der Waals surface area contributed by atoms with Crippen molar-refractivity contribution in [3.8, 4) is 22.5 Å². The zero-order valence-electron chi connectivity index (χ0n) is 17.3. The lowest BCUT2D eigenvalue weighted by atomic mass is 10.1. The molecule has 3 heterocycles. The van der Waals surface area contributed by atoms with Crippen LogP contribution in [0, 0.1) is 0 Å². The Kier molecular flexibility index (Phi) is 5.40. The third-order valence-electron chi connectivity index (χ3n) is 5.18. The SMILES string of the molecule is O=C(NCCCn1ccnc1)c1ccc2nc(-c3cn[nH]c3)c(-c3ccccc3)nc2c1. The number of H-pyrrole nitrogens is 1. The molecule has 2 aromatic carbocycles. The Hall–Kier alpha value is -4.33. The molecule has 0 aliphatic heterocycles. The van der Waals surface area contributed by atoms with E-state index in [1.54, 1.807) is 37.1 Å². The zero-order chi connectivity index (χ0) is 21.8. The van der Waals surface area contributed by atoms with Gasteiger partial charge in [-0.05, 0) is 24.6 Å². The van der Waals surface area contributed by atoms with Gasteiger partial charge in [-0.1, -0.05) is 30.3 Å². The Labute approximate surface area is 184 Å². The second-order valence-electron chi connectivity index (χ2n) is 7.39. The molecule has 5 aromatic rings. The molecule has 0 saturated heterocycles. The molecule has 0 spiro atoms. The van der Waals surface area contributed by atoms with Crippen LogP contribution in [0.5, 0.6) is 0 Å². The first-order valence-corrected chi connectivity index (χ1v) is 10.4. The van der Waals surface area contributed by atoms with Crippen molar-refractivity contribution in [2.24, 2.45) is 0 Å². The average Bonchev–Trinajstić information content (AvgIpc) is 3.56. The van der Waals surface area contributed by atoms with Gasteiger partial charge in [0.1, 0.15) is 5.69 Å². The fourth-order valence-corrected chi connectivity index (χ4v) is 3.56. The number of rotatable bonds is 7. The first-order chi connectivity index (χ1) is 15.8. The van der Waals surface area contributed by atoms with Gasteiger partial charge in [-0.3, -0.25) is 9.89 Å². The van der Waals surface area contributed by atoms with Crippen molar-refractivity contribution >= 4 is 16.9 Å². The molecule has 0 unspecified atom stereocenters. The molecule has 32 heavy (non-hydrogen) atoms. The van der Waals surface area contributed by atoms with Crippen molar-refractivity contribution in [3.63, 3.8) is 0 Å². The van der Waals surface area contributed by atoms with Gasteiger partial charge in [0.2, 0.25) is 0 Å². The van der Waals surface area contributed by atoms with Crippen LogP contribution < -0.4 is 5.32 Å². The topological polar surface area (TPSA) is 101 Å². The molecule has 0 fully saturated rings. The van der Waals surface area contributed by atoms with Gasteiger partial charge in [0.15, 0.2) is 0 Å². The van der Waals surface area contributed by atoms with Crippen molar-refractivity contribution in [1.29, 1.82) is 0 Å². The largest absolute Gasteiger partial charge is 0.352 e. The van der Waals surface area contributed by atoms with E-state index in [1.807, 2.05) is 47.2 Å². The van der Waals surface area contributed by atoms with Crippen LogP contribution in [0.3, 0.4) is 0 Å². The number of carbonyl (C=O) groups is 1. The summed E-state index contributed by atoms with van der Waals surface area (Å²) >= 11 is 0. The number of nitrogens with one attached hydrogen (secondary N) is 2. The van der Waals surface area contributed by atoms with E-state index < -0.39 is 0 Å². The number of amides is 1. The molecule has 2 N–H and O–H groups in total. The summed E-state index contributed by atoms with van der Waals surface area (Å²) in [5.41, 5.74) is 5.25. The summed E-state index contributed by atoms with van der Waals surface area (Å²) in [5, 5.41) is 9.86. The summed E-state index contributed by atoms with van der Waals surface area (Å²) in [7, 11) is 0. The molecular formula is C24H21N7O. The Balaban J connectivity index is 1.42. The number of fused-ring (bicyclic) bond motifs is 1. The average molecular weight is 423 g/mol. The Morgan fingerprint density at radius 3 is 2.62 bits per heavy atom. The van der Waals surface area contributed by atoms with Crippen molar-refractivity contribution in [3.05, 3.63) is 85.2 Å². The lowest BCUT2D eigenvalue weighted by Crippen LogP contribution is -2.25. The second-order valence-corrected chi connectivity index (χ2v) is 7.39. The Morgan fingerprint density at radius 2 is 1.84 bits per heavy atom. The standard InChI is InChI=1S/C24H21N7O/c32-24(26-9-4-11-31-12-10-25-16-31)18-7-8-20-21(13-18)30-22(17-5-2-1-3-6-17)23(29-20)19-14-27-28-15-19/h1-3,5-8,10,12-16H,4,9,11H2,(H,26,32)(H,27,28). The highest BCUT2D eigenvalue weighted by Gasteiger charge is 2.15. The predicted molar refractivity (Wildman–Crippen MR) is 122 cm³/mol. The highest BCUT2D eigenvalue weighted by atomic mass is 16.1. The van der Waals surface area contributed by atoms with Crippen molar-refractivity contribution in [2.75, 3.05) is 6.54 Å². The first-order valence-electron chi connectivity index (χ1n) is 10.4. The molecule has 5 rings (SSSR count). The third-order valence-corrected chi connectivity index (χ3v) is 5.18. The van der Waals surface area contributed by atoms with Gasteiger partial charge < -0.3 is 9.88 Å². The van der Waals surface area contributed by atoms with E-state index in [2.05, 4.69) is 20.5 Å². The van der Waals surface area contributed by atoms with E-state index in [0.29, 0.717) is 17.6 Å². The highest BCUT2D eigenvalue weighted by molar-refractivity contribution is 5.98. The van der Waals surface area contributed by atoms with Gasteiger partial charge in [0.25, 0.3) is 5.91 Å². The first kappa shape index (κ1) is 19.6. The minimum absolute atomic E-state index is 0.125. The van der Waals surface area contributed by atoms with Crippen LogP contribution in [0.4, 0.5) is 0 Å². The van der Waals surface area contributed by atoms with Crippen LogP contribution in [-0.2, 0) is 6.54 Å². The molecular weight excluding hydrogens is 402 g/mol. The van der Waals surface area contributed by atoms with E-state index in [-0.39, 0.29) is 5.91 Å². The van der Waals surface area contributed by atoms with Crippen LogP contribution in [-0.4, -0.2) is 42.2 Å². The summed E-state index contributed by atoms with van der Waals surface area (Å²) in [6.07, 6.45) is 9.78. The summed E-state index contributed by atoms with van der Waals surface area (Å²) in [6.45, 7) is 1.39. The highest BCUT2D eigenvalue weighted by Crippen LogP contribution is 2.30. The molecule has 158 valence electrons. The van der Waals surface area contributed by atoms with Crippen LogP contribution in [0.15, 0.2) is 79.6 Å². The van der Waals surface area contributed by atoms with Crippen LogP contribution in [0.1, 0.15) is 16.8 Å². The molecule has 0 bridgehead atoms. The number of aromatic nitrogens is 6. The molecule has 8 nitrogen and oxygen atoms in total. The van der Waals surface area contributed by atoms with Crippen molar-refractivity contribution in [2.45, 2.75) is 13.0 Å². The van der Waals surface area contributed by atoms with E-state index in [1.165, 1.54) is 0 Å². The molecule has 0 atom stereocenters. The quantitative estimate of drug-likeness (QED) is 0.389. The number of hydrogen-bond acceptors (Lipinski definition) is 5. The van der Waals surface area contributed by atoms with Crippen LogP contribution in [0.25, 0.3) is 33.5 Å². The number of hydrogen-bond donors (Lipinski definition) is 2. The fraction of sp³-hybridized carbons (Fsp3) is 0.125. The molecule has 0 radical (unpaired) electrons. The van der Waals surface area contributed by atoms with Gasteiger partial charge in [-0.15, -0.1) is 0 Å². The number of benzene rings is 2. The number of aromatic amines is 1. The maximum atomic E-state index is 12.7. The van der Waals surface area contributed by atoms with Gasteiger partial charge in [-0.25, -0.2) is 15.0 Å². The van der Waals surface area contributed by atoms with E-state index in [0.717, 1.165) is 41.0 Å². The van der Waals surface area contributed by atoms with Crippen molar-refractivity contribution < 1.29 is 4.79 Å². The third kappa shape index (κ3) is 4.11. The number of carbonyl (C=O) groups excluding carboxylic acids is 1. The van der Waals surface area contributed by atoms with Gasteiger partial charge >= 0.3 is 0 Å². The minimum Gasteiger partial charge on any atom is -0.352 e. The van der Waals surface area contributed by atoms with Crippen LogP contribution >= 0.6 is 0 Å². The molecule has 0 saturated carbocycles. The lowest BCUT2D eigenvalue weighted by Gasteiger charge is -2.10. The summed E-state index contributed by atoms with van der Waals surface area (Å²) in [6, 6.07) is 15.3. The number of aryl methyl sites for hydroxylation is 1. The van der Waals surface area contributed by atoms with E-state index in [4.69, 9.17) is 9.97 Å². The maximum Gasteiger partial charge on any atom is 0.251 e. The predicted octanol–water partition coefficient (Wildman–Crippen LogP) is 3.70. The zero-order valence-corrected chi connectivity index (χ0v) is 17.3. The summed E-state index contributed by atoms with van der Waals surface area (Å²) in [4.78, 5) is 26.4. The fourth-order valence-electron chi connectivity index (χ4n) is 3.56. The number of nitrogens with zero attached hydrogens (tertiary/aromatic N) is 5. The molecule has 1 amide bonds. The minimum atomic E-state index is -0.125. The molecule has 0 aliphatic carbocycles. The Bertz CT molecular complexity index is 1330. The van der Waals surface area contributed by atoms with Gasteiger partial charge in [0, 0.05) is 48.4 Å². The summed E-state index contributed by atoms with van der Waals surface area (Å²) < 4.78 is 1.99. The van der Waals surface area contributed by atoms with E-state index in [9.17, 15) is 4.79 Å². The maximum absolute atomic E-state index is 12.7. The second kappa shape index (κ2) is 8.81. The van der Waals surface area contributed by atoms with Crippen molar-refractivity contribution in [1.82, 2.24) is 35.0 Å².